The highest BCUT2D eigenvalue weighted by Gasteiger charge is 2.18. The predicted octanol–water partition coefficient (Wildman–Crippen LogP) is 14.9. The van der Waals surface area contributed by atoms with Crippen molar-refractivity contribution >= 4 is 64.9 Å². The van der Waals surface area contributed by atoms with E-state index in [1.165, 1.54) is 76.0 Å². The summed E-state index contributed by atoms with van der Waals surface area (Å²) in [6, 6.07) is 76.4. The van der Waals surface area contributed by atoms with Gasteiger partial charge in [0.2, 0.25) is 0 Å². The van der Waals surface area contributed by atoms with E-state index in [2.05, 4.69) is 205 Å². The number of rotatable bonds is 5. The molecule has 0 N–H and O–H groups in total. The summed E-state index contributed by atoms with van der Waals surface area (Å²) in [5.41, 5.74) is 10.8. The minimum Gasteiger partial charge on any atom is -0.309 e. The Morgan fingerprint density at radius 3 is 1.64 bits per heavy atom. The Hall–Kier alpha value is -7.88. The van der Waals surface area contributed by atoms with E-state index < -0.39 is 0 Å². The molecule has 2 heterocycles. The molecule has 12 aromatic rings. The summed E-state index contributed by atoms with van der Waals surface area (Å²) in [7, 11) is 0. The van der Waals surface area contributed by atoms with Gasteiger partial charge in [0.15, 0.2) is 5.82 Å². The number of aromatic nitrogens is 3. The van der Waals surface area contributed by atoms with Gasteiger partial charge in [0.05, 0.1) is 22.4 Å². The van der Waals surface area contributed by atoms with Crippen LogP contribution in [-0.4, -0.2) is 14.5 Å². The van der Waals surface area contributed by atoms with Crippen LogP contribution in [0.4, 0.5) is 0 Å². The van der Waals surface area contributed by atoms with E-state index in [0.717, 1.165) is 33.8 Å². The minimum atomic E-state index is 0.701. The molecule has 0 aliphatic rings. The van der Waals surface area contributed by atoms with Crippen molar-refractivity contribution in [3.63, 3.8) is 0 Å². The van der Waals surface area contributed by atoms with Crippen LogP contribution in [0.2, 0.25) is 0 Å². The van der Waals surface area contributed by atoms with Gasteiger partial charge in [0, 0.05) is 33.2 Å². The lowest BCUT2D eigenvalue weighted by atomic mass is 9.88. The molecule has 0 fully saturated rings. The molecule has 0 saturated heterocycles. The van der Waals surface area contributed by atoms with Crippen molar-refractivity contribution in [2.45, 2.75) is 0 Å². The fourth-order valence-electron chi connectivity index (χ4n) is 9.21. The molecule has 3 heteroatoms. The maximum atomic E-state index is 5.23. The summed E-state index contributed by atoms with van der Waals surface area (Å²) >= 11 is 0. The molecule has 12 rings (SSSR count). The zero-order chi connectivity index (χ0) is 38.9. The average molecular weight is 750 g/mol. The molecule has 0 unspecified atom stereocenters. The molecule has 2 aromatic heterocycles. The fraction of sp³-hybridized carbons (Fsp3) is 0. The van der Waals surface area contributed by atoms with Gasteiger partial charge in [-0.25, -0.2) is 9.97 Å². The second-order valence-corrected chi connectivity index (χ2v) is 15.3. The molecule has 0 aliphatic heterocycles. The largest absolute Gasteiger partial charge is 0.309 e. The van der Waals surface area contributed by atoms with Crippen molar-refractivity contribution < 1.29 is 0 Å². The van der Waals surface area contributed by atoms with Crippen LogP contribution < -0.4 is 0 Å². The highest BCUT2D eigenvalue weighted by molar-refractivity contribution is 6.29. The van der Waals surface area contributed by atoms with Crippen molar-refractivity contribution in [1.82, 2.24) is 14.5 Å². The van der Waals surface area contributed by atoms with Crippen molar-refractivity contribution in [1.29, 1.82) is 0 Å². The first-order valence-corrected chi connectivity index (χ1v) is 20.2. The topological polar surface area (TPSA) is 30.7 Å². The van der Waals surface area contributed by atoms with Crippen molar-refractivity contribution in [3.8, 4) is 50.7 Å². The van der Waals surface area contributed by atoms with Gasteiger partial charge in [-0.3, -0.25) is 0 Å². The summed E-state index contributed by atoms with van der Waals surface area (Å²) in [6.07, 6.45) is 0. The van der Waals surface area contributed by atoms with Crippen molar-refractivity contribution in [2.24, 2.45) is 0 Å². The molecule has 59 heavy (non-hydrogen) atoms. The maximum absolute atomic E-state index is 5.23. The van der Waals surface area contributed by atoms with Crippen molar-refractivity contribution in [3.05, 3.63) is 212 Å². The summed E-state index contributed by atoms with van der Waals surface area (Å²) in [4.78, 5) is 10.5. The van der Waals surface area contributed by atoms with Crippen LogP contribution in [0.3, 0.4) is 0 Å². The second kappa shape index (κ2) is 13.4. The molecule has 0 amide bonds. The van der Waals surface area contributed by atoms with E-state index in [-0.39, 0.29) is 0 Å². The third-order valence-corrected chi connectivity index (χ3v) is 12.0. The summed E-state index contributed by atoms with van der Waals surface area (Å²) < 4.78 is 2.43. The Labute approximate surface area is 341 Å². The van der Waals surface area contributed by atoms with E-state index in [1.54, 1.807) is 0 Å². The number of hydrogen-bond donors (Lipinski definition) is 0. The SMILES string of the molecule is c1ccc(-c2cc(-c3ccccc3)nc(-c3ccc4c5ccccc5c5cccc(-c6ccc7c8ccccc8n(-c8ccc9ccccc9c8)c7c6)c5c4c3)n2)cc1. The van der Waals surface area contributed by atoms with Gasteiger partial charge in [0.25, 0.3) is 0 Å². The van der Waals surface area contributed by atoms with Gasteiger partial charge in [0.1, 0.15) is 0 Å². The van der Waals surface area contributed by atoms with E-state index >= 15 is 0 Å². The van der Waals surface area contributed by atoms with E-state index in [9.17, 15) is 0 Å². The number of fused-ring (bicyclic) bond motifs is 10. The number of nitrogens with zero attached hydrogens (tertiary/aromatic N) is 3. The van der Waals surface area contributed by atoms with E-state index in [0.29, 0.717) is 5.82 Å². The van der Waals surface area contributed by atoms with Gasteiger partial charge in [-0.05, 0) is 90.6 Å². The quantitative estimate of drug-likeness (QED) is 0.164. The average Bonchev–Trinajstić information content (AvgIpc) is 3.65. The third-order valence-electron chi connectivity index (χ3n) is 12.0. The lowest BCUT2D eigenvalue weighted by Gasteiger charge is -2.16. The molecule has 0 spiro atoms. The molecular formula is C56H35N3. The van der Waals surface area contributed by atoms with Crippen LogP contribution in [0.25, 0.3) is 116 Å². The molecule has 0 radical (unpaired) electrons. The molecule has 0 bridgehead atoms. The molecule has 0 atom stereocenters. The van der Waals surface area contributed by atoms with Crippen LogP contribution in [0.1, 0.15) is 0 Å². The first-order valence-electron chi connectivity index (χ1n) is 20.2. The summed E-state index contributed by atoms with van der Waals surface area (Å²) in [5.74, 6) is 0.701. The zero-order valence-electron chi connectivity index (χ0n) is 32.0. The van der Waals surface area contributed by atoms with Crippen LogP contribution in [0.5, 0.6) is 0 Å². The predicted molar refractivity (Wildman–Crippen MR) is 248 cm³/mol. The number of benzene rings is 10. The smallest absolute Gasteiger partial charge is 0.160 e. The van der Waals surface area contributed by atoms with Crippen LogP contribution in [-0.2, 0) is 0 Å². The first-order chi connectivity index (χ1) is 29.2. The van der Waals surface area contributed by atoms with Gasteiger partial charge in [-0.15, -0.1) is 0 Å². The first kappa shape index (κ1) is 33.3. The molecular weight excluding hydrogens is 715 g/mol. The highest BCUT2D eigenvalue weighted by atomic mass is 15.0. The zero-order valence-corrected chi connectivity index (χ0v) is 32.0. The van der Waals surface area contributed by atoms with Crippen LogP contribution in [0.15, 0.2) is 212 Å². The number of hydrogen-bond acceptors (Lipinski definition) is 2. The van der Waals surface area contributed by atoms with E-state index in [4.69, 9.17) is 9.97 Å². The minimum absolute atomic E-state index is 0.701. The summed E-state index contributed by atoms with van der Waals surface area (Å²) in [5, 5.41) is 12.2. The van der Waals surface area contributed by atoms with Gasteiger partial charge < -0.3 is 4.57 Å². The van der Waals surface area contributed by atoms with Crippen LogP contribution in [0, 0.1) is 0 Å². The van der Waals surface area contributed by atoms with Crippen molar-refractivity contribution in [2.75, 3.05) is 0 Å². The Morgan fingerprint density at radius 1 is 0.305 bits per heavy atom. The Balaban J connectivity index is 1.12. The molecule has 0 aliphatic carbocycles. The third kappa shape index (κ3) is 5.44. The molecule has 274 valence electrons. The lowest BCUT2D eigenvalue weighted by Crippen LogP contribution is -1.96. The van der Waals surface area contributed by atoms with Gasteiger partial charge >= 0.3 is 0 Å². The van der Waals surface area contributed by atoms with Gasteiger partial charge in [-0.2, -0.15) is 0 Å². The Kier molecular flexibility index (Phi) is 7.54. The fourth-order valence-corrected chi connectivity index (χ4v) is 9.21. The number of para-hydroxylation sites is 1. The van der Waals surface area contributed by atoms with Crippen LogP contribution >= 0.6 is 0 Å². The van der Waals surface area contributed by atoms with Gasteiger partial charge in [-0.1, -0.05) is 176 Å². The maximum Gasteiger partial charge on any atom is 0.160 e. The Morgan fingerprint density at radius 2 is 0.881 bits per heavy atom. The highest BCUT2D eigenvalue weighted by Crippen LogP contribution is 2.43. The standard InChI is InChI=1S/C56H35N3/c1-3-15-37(16-4-1)51-35-52(38-17-5-2-6-18-38)58-56(57-51)41-28-30-46-44-20-9-10-21-45(44)49-24-13-23-43(55(49)50(46)33-41)40-27-31-48-47-22-11-12-25-53(47)59(54(48)34-40)42-29-26-36-14-7-8-19-39(36)32-42/h1-35H. The monoisotopic (exact) mass is 749 g/mol. The summed E-state index contributed by atoms with van der Waals surface area (Å²) in [6.45, 7) is 0. The lowest BCUT2D eigenvalue weighted by molar-refractivity contribution is 1.18. The molecule has 10 aromatic carbocycles. The Bertz CT molecular complexity index is 3550. The molecule has 3 nitrogen and oxygen atoms in total. The molecule has 0 saturated carbocycles. The normalized spacial score (nSPS) is 11.7. The second-order valence-electron chi connectivity index (χ2n) is 15.3. The van der Waals surface area contributed by atoms with E-state index in [1.807, 2.05) is 12.1 Å².